The lowest BCUT2D eigenvalue weighted by Crippen LogP contribution is -2.42. The molecule has 8 nitrogen and oxygen atoms in total. The maximum absolute atomic E-state index is 12.0. The van der Waals surface area contributed by atoms with Crippen LogP contribution in [0.4, 0.5) is 0 Å². The number of hydrogen-bond donors (Lipinski definition) is 4. The van der Waals surface area contributed by atoms with Gasteiger partial charge in [0.15, 0.2) is 5.71 Å². The van der Waals surface area contributed by atoms with E-state index in [-0.39, 0.29) is 30.8 Å². The van der Waals surface area contributed by atoms with Gasteiger partial charge in [-0.2, -0.15) is 5.10 Å². The number of aliphatic carboxylic acids is 1. The Morgan fingerprint density at radius 1 is 1.12 bits per heavy atom. The molecule has 1 aliphatic rings. The van der Waals surface area contributed by atoms with Gasteiger partial charge in [0, 0.05) is 11.1 Å². The number of aliphatic hydroxyl groups is 2. The normalized spacial score (nSPS) is 13.6. The maximum Gasteiger partial charge on any atom is 0.353 e. The zero-order valence-electron chi connectivity index (χ0n) is 25.1. The Kier molecular flexibility index (Phi) is 30.1. The number of carbonyl (C=O) groups excluding carboxylic acids is 1. The molecule has 0 heterocycles. The van der Waals surface area contributed by atoms with Crippen molar-refractivity contribution in [2.24, 2.45) is 11.0 Å². The standard InChI is InChI=1S/C15H23N3O4.C7H8O.C4H7Cl.C4H8.C2H2/c1-3-11(2)14(15(21)22)17-18(10-19)9-13(20)16-12-7-5-4-6-8-12;8-6-7-4-2-1-3-5-7;1-3-4(2)5;1-3-4-2;1-2/h1,11-12,19H,4-10H2,2H3,(H,16,20)(H,21,22);1-5,8H,6H2;3H,1-2H3;3-4H,1-2H3;1-2H/b17-14+;;2*4-3-;. The monoisotopic (exact) mass is 589 g/mol. The molecule has 0 saturated heterocycles. The van der Waals surface area contributed by atoms with E-state index in [2.05, 4.69) is 29.2 Å². The zero-order chi connectivity index (χ0) is 32.1. The van der Waals surface area contributed by atoms with Crippen molar-refractivity contribution in [3.63, 3.8) is 0 Å². The van der Waals surface area contributed by atoms with Crippen molar-refractivity contribution in [2.75, 3.05) is 13.3 Å². The molecule has 9 heteroatoms. The molecule has 1 fully saturated rings. The first-order chi connectivity index (χ1) is 19.6. The van der Waals surface area contributed by atoms with Crippen molar-refractivity contribution in [3.05, 3.63) is 59.2 Å². The number of carboxylic acids is 1. The van der Waals surface area contributed by atoms with Crippen molar-refractivity contribution >= 4 is 29.2 Å². The third-order valence-electron chi connectivity index (χ3n) is 5.34. The van der Waals surface area contributed by atoms with E-state index in [1.807, 2.05) is 76.3 Å². The number of halogens is 1. The molecule has 0 bridgehead atoms. The van der Waals surface area contributed by atoms with Crippen LogP contribution >= 0.6 is 11.6 Å². The fourth-order valence-electron chi connectivity index (χ4n) is 2.93. The molecule has 41 heavy (non-hydrogen) atoms. The van der Waals surface area contributed by atoms with Crippen molar-refractivity contribution in [1.82, 2.24) is 10.3 Å². The van der Waals surface area contributed by atoms with Crippen LogP contribution in [0.2, 0.25) is 0 Å². The average molecular weight is 590 g/mol. The van der Waals surface area contributed by atoms with Gasteiger partial charge in [-0.15, -0.1) is 19.3 Å². The van der Waals surface area contributed by atoms with Crippen LogP contribution in [-0.4, -0.2) is 57.2 Å². The third kappa shape index (κ3) is 25.2. The van der Waals surface area contributed by atoms with Crippen molar-refractivity contribution in [2.45, 2.75) is 79.4 Å². The number of carbonyl (C=O) groups is 2. The molecule has 1 aliphatic carbocycles. The van der Waals surface area contributed by atoms with Gasteiger partial charge in [-0.25, -0.2) is 4.79 Å². The lowest BCUT2D eigenvalue weighted by molar-refractivity contribution is -0.130. The highest BCUT2D eigenvalue weighted by molar-refractivity contribution is 6.37. The Hall–Kier alpha value is -3.56. The van der Waals surface area contributed by atoms with Gasteiger partial charge in [-0.05, 0) is 53.0 Å². The molecule has 1 aromatic carbocycles. The zero-order valence-corrected chi connectivity index (χ0v) is 25.8. The maximum atomic E-state index is 12.0. The van der Waals surface area contributed by atoms with Crippen molar-refractivity contribution in [3.8, 4) is 25.2 Å². The second-order valence-corrected chi connectivity index (χ2v) is 9.17. The summed E-state index contributed by atoms with van der Waals surface area (Å²) in [6.07, 6.45) is 24.3. The van der Waals surface area contributed by atoms with Gasteiger partial charge in [0.2, 0.25) is 5.91 Å². The van der Waals surface area contributed by atoms with Gasteiger partial charge in [0.25, 0.3) is 0 Å². The number of carboxylic acid groups (broad SMARTS) is 1. The number of allylic oxidation sites excluding steroid dienone is 4. The molecule has 1 atom stereocenters. The first-order valence-corrected chi connectivity index (χ1v) is 13.7. The van der Waals surface area contributed by atoms with Gasteiger partial charge < -0.3 is 20.6 Å². The Morgan fingerprint density at radius 3 is 1.98 bits per heavy atom. The molecule has 1 aromatic rings. The van der Waals surface area contributed by atoms with E-state index in [9.17, 15) is 14.7 Å². The van der Waals surface area contributed by atoms with Crippen LogP contribution in [0.15, 0.2) is 58.7 Å². The molecule has 0 aliphatic heterocycles. The first-order valence-electron chi connectivity index (χ1n) is 13.4. The Bertz CT molecular complexity index is 955. The fraction of sp³-hybridized carbons (Fsp3) is 0.469. The molecule has 0 spiro atoms. The Morgan fingerprint density at radius 2 is 1.63 bits per heavy atom. The summed E-state index contributed by atoms with van der Waals surface area (Å²) in [5.41, 5.74) is 0.689. The smallest absolute Gasteiger partial charge is 0.353 e. The summed E-state index contributed by atoms with van der Waals surface area (Å²) in [6.45, 7) is 8.64. The molecule has 1 amide bonds. The number of nitrogens with one attached hydrogen (secondary N) is 1. The molecule has 2 rings (SSSR count). The lowest BCUT2D eigenvalue weighted by Gasteiger charge is -2.24. The van der Waals surface area contributed by atoms with Crippen molar-refractivity contribution < 1.29 is 24.9 Å². The highest BCUT2D eigenvalue weighted by atomic mass is 35.5. The van der Waals surface area contributed by atoms with E-state index in [4.69, 9.17) is 28.2 Å². The number of aliphatic hydroxyl groups excluding tert-OH is 2. The van der Waals surface area contributed by atoms with E-state index in [1.54, 1.807) is 0 Å². The Labute approximate surface area is 252 Å². The summed E-state index contributed by atoms with van der Waals surface area (Å²) in [7, 11) is 0. The minimum Gasteiger partial charge on any atom is -0.477 e. The molecular weight excluding hydrogens is 542 g/mol. The number of rotatable bonds is 8. The number of benzene rings is 1. The molecule has 0 aromatic heterocycles. The highest BCUT2D eigenvalue weighted by Crippen LogP contribution is 2.17. The number of hydrogen-bond acceptors (Lipinski definition) is 6. The van der Waals surface area contributed by atoms with Crippen LogP contribution < -0.4 is 5.32 Å². The predicted molar refractivity (Wildman–Crippen MR) is 170 cm³/mol. The summed E-state index contributed by atoms with van der Waals surface area (Å²) < 4.78 is 0. The summed E-state index contributed by atoms with van der Waals surface area (Å²) in [5.74, 6) is 0.00337. The molecule has 4 N–H and O–H groups in total. The van der Waals surface area contributed by atoms with E-state index >= 15 is 0 Å². The summed E-state index contributed by atoms with van der Waals surface area (Å²) in [6, 6.07) is 9.67. The summed E-state index contributed by atoms with van der Waals surface area (Å²) >= 11 is 5.32. The highest BCUT2D eigenvalue weighted by Gasteiger charge is 2.20. The molecule has 228 valence electrons. The number of terminal acetylenes is 2. The summed E-state index contributed by atoms with van der Waals surface area (Å²) in [5, 5.41) is 35.4. The molecule has 1 unspecified atom stereocenters. The van der Waals surface area contributed by atoms with E-state index < -0.39 is 18.6 Å². The second-order valence-electron chi connectivity index (χ2n) is 8.57. The minimum atomic E-state index is -1.27. The van der Waals surface area contributed by atoms with E-state index in [0.29, 0.717) is 0 Å². The third-order valence-corrected chi connectivity index (χ3v) is 5.56. The van der Waals surface area contributed by atoms with E-state index in [1.165, 1.54) is 13.3 Å². The lowest BCUT2D eigenvalue weighted by atomic mass is 9.95. The van der Waals surface area contributed by atoms with Gasteiger partial charge in [-0.1, -0.05) is 85.3 Å². The first kappa shape index (κ1) is 41.9. The van der Waals surface area contributed by atoms with E-state index in [0.717, 1.165) is 41.3 Å². The summed E-state index contributed by atoms with van der Waals surface area (Å²) in [4.78, 5) is 23.1. The van der Waals surface area contributed by atoms with Crippen LogP contribution in [0.5, 0.6) is 0 Å². The van der Waals surface area contributed by atoms with Crippen LogP contribution in [0.1, 0.15) is 72.3 Å². The molecule has 1 saturated carbocycles. The van der Waals surface area contributed by atoms with Crippen LogP contribution in [0.25, 0.3) is 0 Å². The van der Waals surface area contributed by atoms with Crippen LogP contribution in [-0.2, 0) is 16.2 Å². The molecular formula is C32H48ClN3O5. The average Bonchev–Trinajstić information content (AvgIpc) is 3.01. The minimum absolute atomic E-state index is 0.140. The van der Waals surface area contributed by atoms with Gasteiger partial charge in [0.05, 0.1) is 12.5 Å². The largest absolute Gasteiger partial charge is 0.477 e. The number of nitrogens with zero attached hydrogens (tertiary/aromatic N) is 2. The number of amides is 1. The SMILES string of the molecule is C#C.C#CC(C)/C(=N\N(CO)CC(=O)NC1CCCCC1)C(=O)O.C/C=C(/C)Cl.C/C=C\C.OCc1ccccc1. The predicted octanol–water partition coefficient (Wildman–Crippen LogP) is 5.56. The van der Waals surface area contributed by atoms with Crippen LogP contribution in [0, 0.1) is 31.1 Å². The van der Waals surface area contributed by atoms with Gasteiger partial charge >= 0.3 is 5.97 Å². The molecule has 0 radical (unpaired) electrons. The second kappa shape index (κ2) is 29.4. The Balaban J connectivity index is -0.000000615. The fourth-order valence-corrected chi connectivity index (χ4v) is 2.93. The quantitative estimate of drug-likeness (QED) is 0.104. The van der Waals surface area contributed by atoms with Crippen molar-refractivity contribution in [1.29, 1.82) is 0 Å². The van der Waals surface area contributed by atoms with Gasteiger partial charge in [0.1, 0.15) is 13.3 Å². The van der Waals surface area contributed by atoms with Gasteiger partial charge in [-0.3, -0.25) is 9.80 Å². The topological polar surface area (TPSA) is 122 Å². The van der Waals surface area contributed by atoms with Crippen LogP contribution in [0.3, 0.4) is 0 Å². The number of hydrazone groups is 1.